The van der Waals surface area contributed by atoms with Crippen LogP contribution in [0.2, 0.25) is 0 Å². The second-order valence-corrected chi connectivity index (χ2v) is 8.81. The highest BCUT2D eigenvalue weighted by Gasteiger charge is 2.48. The van der Waals surface area contributed by atoms with E-state index in [-0.39, 0.29) is 6.04 Å². The third-order valence-electron chi connectivity index (χ3n) is 5.19. The van der Waals surface area contributed by atoms with Crippen molar-refractivity contribution in [2.45, 2.75) is 36.5 Å². The summed E-state index contributed by atoms with van der Waals surface area (Å²) >= 11 is 0. The third kappa shape index (κ3) is 3.18. The van der Waals surface area contributed by atoms with Gasteiger partial charge in [0.15, 0.2) is 5.79 Å². The molecule has 0 N–H and O–H groups in total. The minimum atomic E-state index is -3.60. The zero-order valence-corrected chi connectivity index (χ0v) is 15.6. The van der Waals surface area contributed by atoms with Gasteiger partial charge in [0, 0.05) is 19.4 Å². The monoisotopic (exact) mass is 373 g/mol. The maximum Gasteiger partial charge on any atom is 0.243 e. The molecule has 0 saturated carbocycles. The quantitative estimate of drug-likeness (QED) is 0.829. The molecule has 2 aliphatic heterocycles. The predicted molar refractivity (Wildman–Crippen MR) is 98.1 cm³/mol. The Kier molecular flexibility index (Phi) is 4.61. The SMILES string of the molecule is Cc1ccc(S(=O)(=O)N2CCC3(CC2c2ccccc2)OCCO3)cc1. The van der Waals surface area contributed by atoms with Gasteiger partial charge in [-0.25, -0.2) is 8.42 Å². The number of sulfonamides is 1. The van der Waals surface area contributed by atoms with Crippen molar-refractivity contribution in [1.29, 1.82) is 0 Å². The van der Waals surface area contributed by atoms with Crippen LogP contribution in [0.3, 0.4) is 0 Å². The van der Waals surface area contributed by atoms with Crippen molar-refractivity contribution >= 4 is 10.0 Å². The molecular weight excluding hydrogens is 350 g/mol. The highest BCUT2D eigenvalue weighted by Crippen LogP contribution is 2.43. The summed E-state index contributed by atoms with van der Waals surface area (Å²) in [6, 6.07) is 16.5. The molecule has 1 spiro atoms. The normalized spacial score (nSPS) is 23.3. The van der Waals surface area contributed by atoms with Gasteiger partial charge in [0.25, 0.3) is 0 Å². The molecule has 2 saturated heterocycles. The number of benzene rings is 2. The van der Waals surface area contributed by atoms with E-state index in [1.54, 1.807) is 16.4 Å². The molecule has 0 amide bonds. The number of nitrogens with zero attached hydrogens (tertiary/aromatic N) is 1. The van der Waals surface area contributed by atoms with E-state index in [0.29, 0.717) is 37.5 Å². The lowest BCUT2D eigenvalue weighted by atomic mass is 9.93. The first-order chi connectivity index (χ1) is 12.5. The van der Waals surface area contributed by atoms with Gasteiger partial charge in [0.1, 0.15) is 0 Å². The first-order valence-electron chi connectivity index (χ1n) is 8.92. The van der Waals surface area contributed by atoms with Crippen LogP contribution in [0.1, 0.15) is 30.0 Å². The van der Waals surface area contributed by atoms with Crippen molar-refractivity contribution in [3.63, 3.8) is 0 Å². The van der Waals surface area contributed by atoms with Gasteiger partial charge in [-0.2, -0.15) is 4.31 Å². The topological polar surface area (TPSA) is 55.8 Å². The Bertz CT molecular complexity index is 858. The molecule has 26 heavy (non-hydrogen) atoms. The molecule has 2 fully saturated rings. The van der Waals surface area contributed by atoms with E-state index in [9.17, 15) is 8.42 Å². The van der Waals surface area contributed by atoms with Gasteiger partial charge in [-0.05, 0) is 24.6 Å². The van der Waals surface area contributed by atoms with Crippen LogP contribution >= 0.6 is 0 Å². The lowest BCUT2D eigenvalue weighted by Crippen LogP contribution is -2.49. The van der Waals surface area contributed by atoms with Crippen molar-refractivity contribution in [1.82, 2.24) is 4.31 Å². The van der Waals surface area contributed by atoms with Crippen molar-refractivity contribution in [3.05, 3.63) is 65.7 Å². The van der Waals surface area contributed by atoms with Crippen LogP contribution in [-0.2, 0) is 19.5 Å². The zero-order chi connectivity index (χ0) is 18.2. The van der Waals surface area contributed by atoms with Crippen molar-refractivity contribution in [2.75, 3.05) is 19.8 Å². The van der Waals surface area contributed by atoms with Gasteiger partial charge in [-0.3, -0.25) is 0 Å². The lowest BCUT2D eigenvalue weighted by molar-refractivity contribution is -0.189. The van der Waals surface area contributed by atoms with E-state index in [0.717, 1.165) is 11.1 Å². The van der Waals surface area contributed by atoms with Crippen molar-refractivity contribution < 1.29 is 17.9 Å². The summed E-state index contributed by atoms with van der Waals surface area (Å²) in [5.74, 6) is -0.667. The summed E-state index contributed by atoms with van der Waals surface area (Å²) in [6.45, 7) is 3.44. The second kappa shape index (κ2) is 6.78. The van der Waals surface area contributed by atoms with Crippen LogP contribution in [0.5, 0.6) is 0 Å². The Morgan fingerprint density at radius 1 is 1.00 bits per heavy atom. The van der Waals surface area contributed by atoms with E-state index >= 15 is 0 Å². The number of hydrogen-bond acceptors (Lipinski definition) is 4. The molecule has 5 nitrogen and oxygen atoms in total. The van der Waals surface area contributed by atoms with E-state index < -0.39 is 15.8 Å². The Morgan fingerprint density at radius 2 is 1.65 bits per heavy atom. The summed E-state index contributed by atoms with van der Waals surface area (Å²) in [4.78, 5) is 0.327. The van der Waals surface area contributed by atoms with Crippen molar-refractivity contribution in [3.8, 4) is 0 Å². The molecule has 4 rings (SSSR count). The van der Waals surface area contributed by atoms with Gasteiger partial charge in [0.05, 0.1) is 24.2 Å². The van der Waals surface area contributed by atoms with Crippen LogP contribution in [-0.4, -0.2) is 38.3 Å². The molecule has 2 heterocycles. The number of rotatable bonds is 3. The minimum absolute atomic E-state index is 0.311. The third-order valence-corrected chi connectivity index (χ3v) is 7.11. The summed E-state index contributed by atoms with van der Waals surface area (Å²) < 4.78 is 40.0. The molecule has 2 aromatic carbocycles. The van der Waals surface area contributed by atoms with Gasteiger partial charge >= 0.3 is 0 Å². The van der Waals surface area contributed by atoms with Crippen LogP contribution < -0.4 is 0 Å². The van der Waals surface area contributed by atoms with Gasteiger partial charge in [-0.1, -0.05) is 48.0 Å². The van der Waals surface area contributed by atoms with Crippen LogP contribution in [0.15, 0.2) is 59.5 Å². The van der Waals surface area contributed by atoms with Crippen LogP contribution in [0, 0.1) is 6.92 Å². The van der Waals surface area contributed by atoms with E-state index in [2.05, 4.69) is 0 Å². The number of hydrogen-bond donors (Lipinski definition) is 0. The molecule has 0 aromatic heterocycles. The first kappa shape index (κ1) is 17.7. The molecule has 138 valence electrons. The molecule has 1 atom stereocenters. The molecule has 1 unspecified atom stereocenters. The van der Waals surface area contributed by atoms with Gasteiger partial charge in [0.2, 0.25) is 10.0 Å². The second-order valence-electron chi connectivity index (χ2n) is 6.92. The predicted octanol–water partition coefficient (Wildman–Crippen LogP) is 3.26. The van der Waals surface area contributed by atoms with Gasteiger partial charge in [-0.15, -0.1) is 0 Å². The minimum Gasteiger partial charge on any atom is -0.347 e. The molecule has 0 aliphatic carbocycles. The van der Waals surface area contributed by atoms with Crippen molar-refractivity contribution in [2.24, 2.45) is 0 Å². The summed E-state index contributed by atoms with van der Waals surface area (Å²) in [7, 11) is -3.60. The number of ether oxygens (including phenoxy) is 2. The summed E-state index contributed by atoms with van der Waals surface area (Å²) in [5.41, 5.74) is 2.00. The Balaban J connectivity index is 1.72. The fourth-order valence-corrected chi connectivity index (χ4v) is 5.40. The van der Waals surface area contributed by atoms with E-state index in [1.807, 2.05) is 49.4 Å². The molecule has 2 aliphatic rings. The Hall–Kier alpha value is -1.73. The Morgan fingerprint density at radius 3 is 2.31 bits per heavy atom. The molecule has 0 bridgehead atoms. The summed E-state index contributed by atoms with van der Waals surface area (Å²) in [6.07, 6.45) is 1.05. The van der Waals surface area contributed by atoms with E-state index in [4.69, 9.17) is 9.47 Å². The fraction of sp³-hybridized carbons (Fsp3) is 0.400. The standard InChI is InChI=1S/C20H23NO4S/c1-16-7-9-18(10-8-16)26(22,23)21-12-11-20(24-13-14-25-20)15-19(21)17-5-3-2-4-6-17/h2-10,19H,11-15H2,1H3. The first-order valence-corrected chi connectivity index (χ1v) is 10.4. The fourth-order valence-electron chi connectivity index (χ4n) is 3.79. The zero-order valence-electron chi connectivity index (χ0n) is 14.8. The van der Waals surface area contributed by atoms with Crippen LogP contribution in [0.4, 0.5) is 0 Å². The average molecular weight is 373 g/mol. The van der Waals surface area contributed by atoms with Gasteiger partial charge < -0.3 is 9.47 Å². The average Bonchev–Trinajstić information content (AvgIpc) is 3.10. The Labute approximate surface area is 154 Å². The smallest absolute Gasteiger partial charge is 0.243 e. The maximum atomic E-state index is 13.3. The summed E-state index contributed by atoms with van der Waals surface area (Å²) in [5, 5.41) is 0. The highest BCUT2D eigenvalue weighted by molar-refractivity contribution is 7.89. The highest BCUT2D eigenvalue weighted by atomic mass is 32.2. The molecular formula is C20H23NO4S. The molecule has 2 aromatic rings. The molecule has 6 heteroatoms. The lowest BCUT2D eigenvalue weighted by Gasteiger charge is -2.42. The van der Waals surface area contributed by atoms with E-state index in [1.165, 1.54) is 0 Å². The molecule has 0 radical (unpaired) electrons. The number of piperidine rings is 1. The largest absolute Gasteiger partial charge is 0.347 e. The maximum absolute atomic E-state index is 13.3. The van der Waals surface area contributed by atoms with Crippen LogP contribution in [0.25, 0.3) is 0 Å². The number of aryl methyl sites for hydroxylation is 1.